The van der Waals surface area contributed by atoms with E-state index in [1.54, 1.807) is 23.1 Å². The maximum absolute atomic E-state index is 13.9. The van der Waals surface area contributed by atoms with Gasteiger partial charge in [-0.2, -0.15) is 13.2 Å². The lowest BCUT2D eigenvalue weighted by Gasteiger charge is -2.30. The molecule has 35 heavy (non-hydrogen) atoms. The summed E-state index contributed by atoms with van der Waals surface area (Å²) in [5.74, 6) is -5.47. The van der Waals surface area contributed by atoms with Crippen LogP contribution in [-0.2, 0) is 16.9 Å². The van der Waals surface area contributed by atoms with Crippen LogP contribution in [0.1, 0.15) is 39.9 Å². The number of carbonyl (C=O) groups excluding carboxylic acids is 2. The molecule has 0 bridgehead atoms. The molecule has 12 heteroatoms. The molecule has 0 aliphatic carbocycles. The molecule has 5 nitrogen and oxygen atoms in total. The van der Waals surface area contributed by atoms with Crippen LogP contribution in [-0.4, -0.2) is 54.3 Å². The topological polar surface area (TPSA) is 66.6 Å². The zero-order valence-corrected chi connectivity index (χ0v) is 20.2. The molecule has 1 heterocycles. The highest BCUT2D eigenvalue weighted by atomic mass is 35.5. The Morgan fingerprint density at radius 2 is 1.66 bits per heavy atom. The highest BCUT2D eigenvalue weighted by molar-refractivity contribution is 6.42. The Balaban J connectivity index is 2.01. The third-order valence-corrected chi connectivity index (χ3v) is 6.69. The first kappa shape index (κ1) is 27.2. The number of alkyl halides is 5. The molecule has 2 amide bonds. The number of rotatable bonds is 6. The fraction of sp³-hybridized carbons (Fsp3) is 0.391. The minimum Gasteiger partial charge on any atom is -0.369 e. The van der Waals surface area contributed by atoms with E-state index in [2.05, 4.69) is 0 Å². The summed E-state index contributed by atoms with van der Waals surface area (Å²) in [5, 5.41) is 0.568. The van der Waals surface area contributed by atoms with E-state index in [1.807, 2.05) is 0 Å². The van der Waals surface area contributed by atoms with Crippen molar-refractivity contribution >= 4 is 35.0 Å². The van der Waals surface area contributed by atoms with Crippen molar-refractivity contribution in [1.82, 2.24) is 9.80 Å². The third kappa shape index (κ3) is 6.23. The van der Waals surface area contributed by atoms with E-state index in [1.165, 1.54) is 11.9 Å². The number of nitrogens with zero attached hydrogens (tertiary/aromatic N) is 2. The monoisotopic (exact) mass is 537 g/mol. The SMILES string of the molecule is CN(C(=O)c1cc(C(C)(F)F)cc(C(F)(F)F)c1)[C@@H]1CN(CC(N)=O)C[C@H]1c1ccc(Cl)c(Cl)c1. The predicted molar refractivity (Wildman–Crippen MR) is 122 cm³/mol. The lowest BCUT2D eigenvalue weighted by Crippen LogP contribution is -2.42. The van der Waals surface area contributed by atoms with E-state index in [0.29, 0.717) is 36.2 Å². The second-order valence-electron chi connectivity index (χ2n) is 8.61. The van der Waals surface area contributed by atoms with Gasteiger partial charge in [0.25, 0.3) is 11.8 Å². The molecular formula is C23H22Cl2F5N3O2. The highest BCUT2D eigenvalue weighted by Gasteiger charge is 2.40. The Morgan fingerprint density at radius 3 is 2.20 bits per heavy atom. The van der Waals surface area contributed by atoms with Gasteiger partial charge in [-0.1, -0.05) is 29.3 Å². The van der Waals surface area contributed by atoms with Crippen LogP contribution in [0.4, 0.5) is 22.0 Å². The molecule has 0 spiro atoms. The summed E-state index contributed by atoms with van der Waals surface area (Å²) in [6.45, 7) is 0.821. The molecule has 2 atom stereocenters. The summed E-state index contributed by atoms with van der Waals surface area (Å²) in [6.07, 6.45) is -4.93. The fourth-order valence-corrected chi connectivity index (χ4v) is 4.51. The van der Waals surface area contributed by atoms with Crippen molar-refractivity contribution in [2.45, 2.75) is 31.0 Å². The molecule has 3 rings (SSSR count). The first-order valence-electron chi connectivity index (χ1n) is 10.4. The van der Waals surface area contributed by atoms with Gasteiger partial charge in [-0.05, 0) is 35.9 Å². The summed E-state index contributed by atoms with van der Waals surface area (Å²) in [4.78, 5) is 27.6. The molecule has 2 aromatic carbocycles. The summed E-state index contributed by atoms with van der Waals surface area (Å²) >= 11 is 12.1. The van der Waals surface area contributed by atoms with Crippen LogP contribution in [0.15, 0.2) is 36.4 Å². The normalized spacial score (nSPS) is 19.1. The van der Waals surface area contributed by atoms with E-state index in [9.17, 15) is 31.5 Å². The van der Waals surface area contributed by atoms with Crippen LogP contribution in [0.5, 0.6) is 0 Å². The number of nitrogens with two attached hydrogens (primary N) is 1. The smallest absolute Gasteiger partial charge is 0.369 e. The Labute approximate surface area is 208 Å². The molecule has 0 unspecified atom stereocenters. The molecule has 0 radical (unpaired) electrons. The maximum Gasteiger partial charge on any atom is 0.416 e. The molecule has 1 aliphatic rings. The van der Waals surface area contributed by atoms with Crippen molar-refractivity contribution in [1.29, 1.82) is 0 Å². The van der Waals surface area contributed by atoms with Gasteiger partial charge in [-0.3, -0.25) is 14.5 Å². The zero-order chi connectivity index (χ0) is 26.3. The molecule has 190 valence electrons. The van der Waals surface area contributed by atoms with Gasteiger partial charge in [-0.15, -0.1) is 0 Å². The van der Waals surface area contributed by atoms with Crippen molar-refractivity contribution in [3.8, 4) is 0 Å². The van der Waals surface area contributed by atoms with Gasteiger partial charge in [0.2, 0.25) is 5.91 Å². The van der Waals surface area contributed by atoms with Gasteiger partial charge in [0.05, 0.1) is 28.2 Å². The first-order chi connectivity index (χ1) is 16.1. The molecule has 2 N–H and O–H groups in total. The molecule has 2 aromatic rings. The van der Waals surface area contributed by atoms with Crippen LogP contribution in [0, 0.1) is 0 Å². The number of halogens is 7. The Kier molecular flexibility index (Phi) is 7.69. The van der Waals surface area contributed by atoms with Crippen molar-refractivity contribution < 1.29 is 31.5 Å². The van der Waals surface area contributed by atoms with Crippen molar-refractivity contribution in [2.75, 3.05) is 26.7 Å². The zero-order valence-electron chi connectivity index (χ0n) is 18.7. The molecule has 0 saturated carbocycles. The number of likely N-dealkylation sites (tertiary alicyclic amines) is 1. The first-order valence-corrected chi connectivity index (χ1v) is 11.2. The van der Waals surface area contributed by atoms with Crippen molar-refractivity contribution in [2.24, 2.45) is 5.73 Å². The lowest BCUT2D eigenvalue weighted by atomic mass is 9.92. The quantitative estimate of drug-likeness (QED) is 0.518. The Morgan fingerprint density at radius 1 is 1.03 bits per heavy atom. The average molecular weight is 538 g/mol. The molecule has 1 fully saturated rings. The predicted octanol–water partition coefficient (Wildman–Crippen LogP) is 5.15. The van der Waals surface area contributed by atoms with E-state index < -0.39 is 52.6 Å². The van der Waals surface area contributed by atoms with E-state index in [4.69, 9.17) is 28.9 Å². The number of hydrogen-bond acceptors (Lipinski definition) is 3. The summed E-state index contributed by atoms with van der Waals surface area (Å²) < 4.78 is 68.0. The van der Waals surface area contributed by atoms with E-state index in [-0.39, 0.29) is 18.1 Å². The van der Waals surface area contributed by atoms with Gasteiger partial charge < -0.3 is 10.6 Å². The van der Waals surface area contributed by atoms with Crippen LogP contribution in [0.25, 0.3) is 0 Å². The van der Waals surface area contributed by atoms with Crippen LogP contribution in [0.2, 0.25) is 10.0 Å². The number of benzene rings is 2. The second kappa shape index (κ2) is 9.91. The average Bonchev–Trinajstić information content (AvgIpc) is 3.16. The van der Waals surface area contributed by atoms with E-state index >= 15 is 0 Å². The number of hydrogen-bond donors (Lipinski definition) is 1. The van der Waals surface area contributed by atoms with Gasteiger partial charge in [0.1, 0.15) is 0 Å². The number of likely N-dealkylation sites (N-methyl/N-ethyl adjacent to an activating group) is 1. The molecule has 1 aliphatic heterocycles. The van der Waals surface area contributed by atoms with Crippen molar-refractivity contribution in [3.63, 3.8) is 0 Å². The largest absolute Gasteiger partial charge is 0.416 e. The standard InChI is InChI=1S/C23H22Cl2F5N3O2/c1-22(26,27)14-5-13(6-15(8-14)23(28,29)30)21(35)32(2)19-10-33(11-20(31)34)9-16(19)12-3-4-17(24)18(25)7-12/h3-8,16,19H,9-11H2,1-2H3,(H2,31,34)/t16-,19+/m0/s1. The Hall–Kier alpha value is -2.43. The summed E-state index contributed by atoms with van der Waals surface area (Å²) in [5.41, 5.74) is 3.19. The molecule has 0 aromatic heterocycles. The summed E-state index contributed by atoms with van der Waals surface area (Å²) in [7, 11) is 1.37. The van der Waals surface area contributed by atoms with Gasteiger partial charge in [-0.25, -0.2) is 8.78 Å². The van der Waals surface area contributed by atoms with Gasteiger partial charge >= 0.3 is 6.18 Å². The lowest BCUT2D eigenvalue weighted by molar-refractivity contribution is -0.137. The van der Waals surface area contributed by atoms with Crippen LogP contribution >= 0.6 is 23.2 Å². The second-order valence-corrected chi connectivity index (χ2v) is 9.42. The number of amides is 2. The van der Waals surface area contributed by atoms with Gasteiger partial charge in [0.15, 0.2) is 0 Å². The van der Waals surface area contributed by atoms with E-state index in [0.717, 1.165) is 6.07 Å². The van der Waals surface area contributed by atoms with Crippen LogP contribution in [0.3, 0.4) is 0 Å². The Bertz CT molecular complexity index is 1100. The minimum atomic E-state index is -4.93. The van der Waals surface area contributed by atoms with Gasteiger partial charge in [0, 0.05) is 44.1 Å². The van der Waals surface area contributed by atoms with Crippen molar-refractivity contribution in [3.05, 3.63) is 68.7 Å². The fourth-order valence-electron chi connectivity index (χ4n) is 4.20. The number of primary amides is 1. The maximum atomic E-state index is 13.9. The number of carbonyl (C=O) groups is 2. The highest BCUT2D eigenvalue weighted by Crippen LogP contribution is 2.37. The molecular weight excluding hydrogens is 516 g/mol. The third-order valence-electron chi connectivity index (χ3n) is 5.95. The van der Waals surface area contributed by atoms with Crippen LogP contribution < -0.4 is 5.73 Å². The molecule has 1 saturated heterocycles. The minimum absolute atomic E-state index is 0.105. The summed E-state index contributed by atoms with van der Waals surface area (Å²) in [6, 6.07) is 5.89.